The predicted molar refractivity (Wildman–Crippen MR) is 123 cm³/mol. The van der Waals surface area contributed by atoms with E-state index >= 15 is 0 Å². The van der Waals surface area contributed by atoms with Crippen molar-refractivity contribution in [3.8, 4) is 10.4 Å². The molecule has 0 bridgehead atoms. The van der Waals surface area contributed by atoms with Crippen LogP contribution in [0.5, 0.6) is 0 Å². The minimum atomic E-state index is -4.54. The first kappa shape index (κ1) is 24.9. The highest BCUT2D eigenvalue weighted by atomic mass is 32.2. The molecule has 3 rings (SSSR count). The van der Waals surface area contributed by atoms with Gasteiger partial charge in [-0.2, -0.15) is 13.2 Å². The maximum absolute atomic E-state index is 13.9. The number of carbonyl (C=O) groups excluding carboxylic acids is 1. The van der Waals surface area contributed by atoms with E-state index < -0.39 is 18.0 Å². The fourth-order valence-electron chi connectivity index (χ4n) is 3.66. The second-order valence-corrected chi connectivity index (χ2v) is 10.6. The molecule has 5 nitrogen and oxygen atoms in total. The molecule has 0 aliphatic heterocycles. The summed E-state index contributed by atoms with van der Waals surface area (Å²) in [5, 5.41) is 3.21. The summed E-state index contributed by atoms with van der Waals surface area (Å²) in [6.45, 7) is 3.48. The van der Waals surface area contributed by atoms with Crippen LogP contribution in [0.2, 0.25) is 0 Å². The number of alkyl halides is 3. The van der Waals surface area contributed by atoms with E-state index in [4.69, 9.17) is 4.74 Å². The molecule has 2 aromatic rings. The fourth-order valence-corrected chi connectivity index (χ4v) is 5.86. The molecule has 1 N–H and O–H groups in total. The summed E-state index contributed by atoms with van der Waals surface area (Å²) in [4.78, 5) is 16.8. The molecule has 1 amide bonds. The Labute approximate surface area is 194 Å². The van der Waals surface area contributed by atoms with Crippen LogP contribution in [0.3, 0.4) is 0 Å². The minimum absolute atomic E-state index is 0.0836. The molecule has 1 heterocycles. The van der Waals surface area contributed by atoms with E-state index in [2.05, 4.69) is 10.3 Å². The van der Waals surface area contributed by atoms with Gasteiger partial charge in [0.2, 0.25) is 0 Å². The third-order valence-electron chi connectivity index (χ3n) is 4.96. The number of carbonyl (C=O) groups is 1. The van der Waals surface area contributed by atoms with Gasteiger partial charge in [-0.1, -0.05) is 25.3 Å². The van der Waals surface area contributed by atoms with Crippen molar-refractivity contribution in [2.75, 3.05) is 19.4 Å². The zero-order chi connectivity index (χ0) is 23.5. The van der Waals surface area contributed by atoms with Gasteiger partial charge < -0.3 is 4.74 Å². The topological polar surface area (TPSA) is 54.5 Å². The number of nitrogens with one attached hydrogen (secondary N) is 1. The Bertz CT molecular complexity index is 939. The number of halogens is 3. The van der Waals surface area contributed by atoms with Gasteiger partial charge in [0.1, 0.15) is 0 Å². The summed E-state index contributed by atoms with van der Waals surface area (Å²) >= 11 is 2.43. The molecular formula is C22H28F3N3O2S2. The van der Waals surface area contributed by atoms with Crippen LogP contribution in [0.1, 0.15) is 62.6 Å². The Morgan fingerprint density at radius 3 is 2.53 bits per heavy atom. The largest absolute Gasteiger partial charge is 0.447 e. The number of thiazole rings is 1. The van der Waals surface area contributed by atoms with Gasteiger partial charge in [0.25, 0.3) is 0 Å². The molecule has 0 saturated heterocycles. The fraction of sp³-hybridized carbons (Fsp3) is 0.545. The average Bonchev–Trinajstić information content (AvgIpc) is 3.13. The van der Waals surface area contributed by atoms with Crippen molar-refractivity contribution in [2.45, 2.75) is 69.0 Å². The third kappa shape index (κ3) is 6.39. The summed E-state index contributed by atoms with van der Waals surface area (Å²) < 4.78 is 48.7. The van der Waals surface area contributed by atoms with Crippen molar-refractivity contribution in [2.24, 2.45) is 0 Å². The maximum Gasteiger partial charge on any atom is 0.434 e. The van der Waals surface area contributed by atoms with Crippen LogP contribution in [-0.2, 0) is 10.9 Å². The van der Waals surface area contributed by atoms with Crippen molar-refractivity contribution < 1.29 is 22.7 Å². The highest BCUT2D eigenvalue weighted by Gasteiger charge is 2.39. The van der Waals surface area contributed by atoms with E-state index in [9.17, 15) is 18.0 Å². The number of amides is 1. The molecule has 32 heavy (non-hydrogen) atoms. The van der Waals surface area contributed by atoms with Crippen LogP contribution in [-0.4, -0.2) is 35.6 Å². The zero-order valence-electron chi connectivity index (χ0n) is 18.6. The van der Waals surface area contributed by atoms with Gasteiger partial charge in [0.15, 0.2) is 5.69 Å². The molecular weight excluding hydrogens is 459 g/mol. The summed E-state index contributed by atoms with van der Waals surface area (Å²) in [6.07, 6.45) is -0.508. The van der Waals surface area contributed by atoms with Crippen LogP contribution in [0.4, 0.5) is 23.7 Å². The third-order valence-corrected chi connectivity index (χ3v) is 7.11. The van der Waals surface area contributed by atoms with E-state index in [0.29, 0.717) is 21.2 Å². The smallest absolute Gasteiger partial charge is 0.434 e. The molecule has 1 aromatic carbocycles. The number of benzene rings is 1. The first-order valence-electron chi connectivity index (χ1n) is 10.6. The Morgan fingerprint density at radius 2 is 1.94 bits per heavy atom. The van der Waals surface area contributed by atoms with E-state index in [1.165, 1.54) is 11.9 Å². The zero-order valence-corrected chi connectivity index (χ0v) is 20.2. The second-order valence-electron chi connectivity index (χ2n) is 8.26. The molecule has 1 aliphatic rings. The van der Waals surface area contributed by atoms with Crippen LogP contribution >= 0.6 is 23.3 Å². The number of aromatic nitrogens is 1. The molecule has 1 aliphatic carbocycles. The molecule has 0 spiro atoms. The molecule has 1 fully saturated rings. The van der Waals surface area contributed by atoms with Crippen LogP contribution < -0.4 is 5.32 Å². The summed E-state index contributed by atoms with van der Waals surface area (Å²) in [7, 11) is 3.62. The predicted octanol–water partition coefficient (Wildman–Crippen LogP) is 7.40. The lowest BCUT2D eigenvalue weighted by Gasteiger charge is -2.19. The normalized spacial score (nSPS) is 15.4. The molecule has 0 unspecified atom stereocenters. The monoisotopic (exact) mass is 487 g/mol. The van der Waals surface area contributed by atoms with E-state index in [1.807, 2.05) is 14.1 Å². The number of hydrogen-bond donors (Lipinski definition) is 1. The number of ether oxygens (including phenoxy) is 1. The van der Waals surface area contributed by atoms with Crippen molar-refractivity contribution in [3.63, 3.8) is 0 Å². The lowest BCUT2D eigenvalue weighted by molar-refractivity contribution is -0.140. The van der Waals surface area contributed by atoms with Gasteiger partial charge in [-0.25, -0.2) is 9.78 Å². The number of anilines is 1. The Kier molecular flexibility index (Phi) is 8.11. The molecule has 10 heteroatoms. The molecule has 176 valence electrons. The standard InChI is InChI=1S/C22H28F3N3O2S2/c1-13(2)30-21(29)26-15-10-11-16(17(12-15)32-28(3)4)18-19(22(23,24)25)27-20(31-18)14-8-6-5-7-9-14/h10-14H,5-9H2,1-4H3,(H,26,29). The van der Waals surface area contributed by atoms with Crippen LogP contribution in [0.25, 0.3) is 10.4 Å². The van der Waals surface area contributed by atoms with Crippen LogP contribution in [0, 0.1) is 0 Å². The van der Waals surface area contributed by atoms with Crippen molar-refractivity contribution in [1.29, 1.82) is 0 Å². The van der Waals surface area contributed by atoms with Gasteiger partial charge >= 0.3 is 12.3 Å². The Balaban J connectivity index is 2.02. The van der Waals surface area contributed by atoms with E-state index in [-0.39, 0.29) is 16.9 Å². The van der Waals surface area contributed by atoms with Gasteiger partial charge in [-0.3, -0.25) is 9.62 Å². The second kappa shape index (κ2) is 10.4. The summed E-state index contributed by atoms with van der Waals surface area (Å²) in [6, 6.07) is 4.88. The van der Waals surface area contributed by atoms with Gasteiger partial charge in [-0.05, 0) is 64.9 Å². The van der Waals surface area contributed by atoms with Gasteiger partial charge in [0, 0.05) is 22.1 Å². The lowest BCUT2D eigenvalue weighted by atomic mass is 9.90. The molecule has 1 saturated carbocycles. The Morgan fingerprint density at radius 1 is 1.25 bits per heavy atom. The van der Waals surface area contributed by atoms with Gasteiger partial charge in [0.05, 0.1) is 16.0 Å². The molecule has 0 radical (unpaired) electrons. The number of hydrogen-bond acceptors (Lipinski definition) is 6. The summed E-state index contributed by atoms with van der Waals surface area (Å²) in [5.41, 5.74) is 0.0799. The first-order valence-corrected chi connectivity index (χ1v) is 12.2. The van der Waals surface area contributed by atoms with Crippen molar-refractivity contribution in [1.82, 2.24) is 9.29 Å². The number of nitrogens with zero attached hydrogens (tertiary/aromatic N) is 2. The highest BCUT2D eigenvalue weighted by molar-refractivity contribution is 7.97. The SMILES string of the molecule is CC(C)OC(=O)Nc1ccc(-c2sc(C3CCCCC3)nc2C(F)(F)F)c(SN(C)C)c1. The summed E-state index contributed by atoms with van der Waals surface area (Å²) in [5.74, 6) is 0.0836. The average molecular weight is 488 g/mol. The van der Waals surface area contributed by atoms with E-state index in [0.717, 1.165) is 43.4 Å². The number of rotatable bonds is 6. The van der Waals surface area contributed by atoms with Crippen molar-refractivity contribution >= 4 is 35.1 Å². The minimum Gasteiger partial charge on any atom is -0.447 e. The molecule has 1 aromatic heterocycles. The highest BCUT2D eigenvalue weighted by Crippen LogP contribution is 2.47. The lowest BCUT2D eigenvalue weighted by Crippen LogP contribution is -2.18. The van der Waals surface area contributed by atoms with Gasteiger partial charge in [-0.15, -0.1) is 11.3 Å². The maximum atomic E-state index is 13.9. The molecule has 0 atom stereocenters. The van der Waals surface area contributed by atoms with E-state index in [1.54, 1.807) is 36.4 Å². The quantitative estimate of drug-likeness (QED) is 0.430. The van der Waals surface area contributed by atoms with Crippen molar-refractivity contribution in [3.05, 3.63) is 28.9 Å². The van der Waals surface area contributed by atoms with Crippen LogP contribution in [0.15, 0.2) is 23.1 Å². The first-order chi connectivity index (χ1) is 15.0. The Hall–Kier alpha value is -1.78.